The number of aryl methyl sites for hydroxylation is 1. The average Bonchev–Trinajstić information content (AvgIpc) is 2.70. The Bertz CT molecular complexity index is 419. The number of hydrogen-bond donors (Lipinski definition) is 2. The normalized spacial score (nSPS) is 18.3. The number of carbonyl (C=O) groups is 1. The zero-order valence-corrected chi connectivity index (χ0v) is 12.6. The number of nitrogens with one attached hydrogen (secondary N) is 2. The topological polar surface area (TPSA) is 41.1 Å². The van der Waals surface area contributed by atoms with Gasteiger partial charge in [0.05, 0.1) is 6.04 Å². The second kappa shape index (κ2) is 7.44. The fourth-order valence-electron chi connectivity index (χ4n) is 2.76. The van der Waals surface area contributed by atoms with Gasteiger partial charge in [-0.05, 0) is 38.8 Å². The highest BCUT2D eigenvalue weighted by Gasteiger charge is 2.18. The largest absolute Gasteiger partial charge is 0.325 e. The smallest absolute Gasteiger partial charge is 0.241 e. The standard InChI is InChI=1S/C17H26N2O/c1-13-9-11-16(12-10-13)19-17(20)14(2)18-15-7-5-3-4-6-8-15/h9-12,14-15,18H,3-8H2,1-2H3,(H,19,20)/t14-/m0/s1. The van der Waals surface area contributed by atoms with Gasteiger partial charge in [-0.1, -0.05) is 43.4 Å². The molecule has 0 unspecified atom stereocenters. The fraction of sp³-hybridized carbons (Fsp3) is 0.588. The molecule has 0 heterocycles. The van der Waals surface area contributed by atoms with E-state index in [1.54, 1.807) is 0 Å². The van der Waals surface area contributed by atoms with Crippen molar-refractivity contribution in [2.24, 2.45) is 0 Å². The Morgan fingerprint density at radius 2 is 1.70 bits per heavy atom. The van der Waals surface area contributed by atoms with Crippen LogP contribution in [-0.4, -0.2) is 18.0 Å². The molecule has 0 spiro atoms. The molecule has 1 saturated carbocycles. The van der Waals surface area contributed by atoms with Crippen molar-refractivity contribution in [3.63, 3.8) is 0 Å². The molecular formula is C17H26N2O. The van der Waals surface area contributed by atoms with Crippen LogP contribution in [0.5, 0.6) is 0 Å². The maximum absolute atomic E-state index is 12.2. The second-order valence-corrected chi connectivity index (χ2v) is 5.93. The first kappa shape index (κ1) is 15.0. The molecule has 110 valence electrons. The molecule has 1 fully saturated rings. The summed E-state index contributed by atoms with van der Waals surface area (Å²) in [6, 6.07) is 8.28. The SMILES string of the molecule is Cc1ccc(NC(=O)[C@H](C)NC2CCCCCC2)cc1. The molecule has 1 aliphatic rings. The molecule has 0 aromatic heterocycles. The van der Waals surface area contributed by atoms with Crippen LogP contribution in [0.15, 0.2) is 24.3 Å². The second-order valence-electron chi connectivity index (χ2n) is 5.93. The summed E-state index contributed by atoms with van der Waals surface area (Å²) in [5.41, 5.74) is 2.07. The molecule has 0 bridgehead atoms. The van der Waals surface area contributed by atoms with Crippen LogP contribution in [-0.2, 0) is 4.79 Å². The van der Waals surface area contributed by atoms with Crippen LogP contribution in [0.1, 0.15) is 51.0 Å². The number of amides is 1. The molecule has 1 atom stereocenters. The van der Waals surface area contributed by atoms with E-state index in [1.165, 1.54) is 44.1 Å². The van der Waals surface area contributed by atoms with Gasteiger partial charge >= 0.3 is 0 Å². The molecule has 1 aliphatic carbocycles. The van der Waals surface area contributed by atoms with Gasteiger partial charge in [-0.2, -0.15) is 0 Å². The highest BCUT2D eigenvalue weighted by molar-refractivity contribution is 5.94. The number of anilines is 1. The fourth-order valence-corrected chi connectivity index (χ4v) is 2.76. The first-order chi connectivity index (χ1) is 9.65. The van der Waals surface area contributed by atoms with Gasteiger partial charge in [-0.15, -0.1) is 0 Å². The number of hydrogen-bond acceptors (Lipinski definition) is 2. The zero-order chi connectivity index (χ0) is 14.4. The van der Waals surface area contributed by atoms with Gasteiger partial charge in [0.25, 0.3) is 0 Å². The Morgan fingerprint density at radius 3 is 2.30 bits per heavy atom. The summed E-state index contributed by atoms with van der Waals surface area (Å²) in [5, 5.41) is 6.45. The molecular weight excluding hydrogens is 248 g/mol. The molecule has 3 heteroatoms. The maximum Gasteiger partial charge on any atom is 0.241 e. The van der Waals surface area contributed by atoms with Crippen molar-refractivity contribution in [1.29, 1.82) is 0 Å². The summed E-state index contributed by atoms with van der Waals surface area (Å²) in [6.45, 7) is 4.00. The Labute approximate surface area is 122 Å². The predicted molar refractivity (Wildman–Crippen MR) is 83.9 cm³/mol. The number of carbonyl (C=O) groups excluding carboxylic acids is 1. The minimum absolute atomic E-state index is 0.0538. The van der Waals surface area contributed by atoms with Gasteiger partial charge in [-0.25, -0.2) is 0 Å². The van der Waals surface area contributed by atoms with E-state index in [-0.39, 0.29) is 11.9 Å². The summed E-state index contributed by atoms with van der Waals surface area (Å²) in [4.78, 5) is 12.2. The first-order valence-electron chi connectivity index (χ1n) is 7.79. The van der Waals surface area contributed by atoms with Crippen molar-refractivity contribution in [3.8, 4) is 0 Å². The van der Waals surface area contributed by atoms with Gasteiger partial charge < -0.3 is 10.6 Å². The zero-order valence-electron chi connectivity index (χ0n) is 12.6. The summed E-state index contributed by atoms with van der Waals surface area (Å²) < 4.78 is 0. The molecule has 0 aliphatic heterocycles. The van der Waals surface area contributed by atoms with E-state index in [4.69, 9.17) is 0 Å². The van der Waals surface area contributed by atoms with Gasteiger partial charge in [0.1, 0.15) is 0 Å². The Morgan fingerprint density at radius 1 is 1.10 bits per heavy atom. The quantitative estimate of drug-likeness (QED) is 0.823. The number of rotatable bonds is 4. The van der Waals surface area contributed by atoms with Crippen molar-refractivity contribution in [2.75, 3.05) is 5.32 Å². The van der Waals surface area contributed by atoms with Crippen molar-refractivity contribution in [2.45, 2.75) is 64.5 Å². The lowest BCUT2D eigenvalue weighted by Gasteiger charge is -2.21. The molecule has 1 aromatic rings. The molecule has 0 saturated heterocycles. The van der Waals surface area contributed by atoms with E-state index in [9.17, 15) is 4.79 Å². The van der Waals surface area contributed by atoms with Crippen molar-refractivity contribution >= 4 is 11.6 Å². The minimum atomic E-state index is -0.139. The van der Waals surface area contributed by atoms with Crippen LogP contribution < -0.4 is 10.6 Å². The maximum atomic E-state index is 12.2. The third-order valence-corrected chi connectivity index (χ3v) is 4.05. The van der Waals surface area contributed by atoms with Crippen LogP contribution in [0.4, 0.5) is 5.69 Å². The van der Waals surface area contributed by atoms with Crippen molar-refractivity contribution in [3.05, 3.63) is 29.8 Å². The average molecular weight is 274 g/mol. The molecule has 3 nitrogen and oxygen atoms in total. The van der Waals surface area contributed by atoms with Crippen LogP contribution >= 0.6 is 0 Å². The third-order valence-electron chi connectivity index (χ3n) is 4.05. The van der Waals surface area contributed by atoms with E-state index in [0.717, 1.165) is 5.69 Å². The summed E-state index contributed by atoms with van der Waals surface area (Å²) in [6.07, 6.45) is 7.63. The lowest BCUT2D eigenvalue weighted by Crippen LogP contribution is -2.43. The first-order valence-corrected chi connectivity index (χ1v) is 7.79. The van der Waals surface area contributed by atoms with E-state index < -0.39 is 0 Å². The monoisotopic (exact) mass is 274 g/mol. The van der Waals surface area contributed by atoms with E-state index in [0.29, 0.717) is 6.04 Å². The molecule has 0 radical (unpaired) electrons. The predicted octanol–water partition coefficient (Wildman–Crippen LogP) is 3.63. The minimum Gasteiger partial charge on any atom is -0.325 e. The van der Waals surface area contributed by atoms with Crippen molar-refractivity contribution in [1.82, 2.24) is 5.32 Å². The molecule has 1 amide bonds. The lowest BCUT2D eigenvalue weighted by atomic mass is 10.1. The molecule has 1 aromatic carbocycles. The van der Waals surface area contributed by atoms with Gasteiger partial charge in [0.15, 0.2) is 0 Å². The third kappa shape index (κ3) is 4.64. The van der Waals surface area contributed by atoms with Gasteiger partial charge in [-0.3, -0.25) is 4.79 Å². The van der Waals surface area contributed by atoms with E-state index in [1.807, 2.05) is 38.1 Å². The van der Waals surface area contributed by atoms with Crippen LogP contribution in [0.25, 0.3) is 0 Å². The molecule has 2 N–H and O–H groups in total. The Kier molecular flexibility index (Phi) is 5.60. The van der Waals surface area contributed by atoms with Crippen molar-refractivity contribution < 1.29 is 4.79 Å². The summed E-state index contributed by atoms with van der Waals surface area (Å²) in [7, 11) is 0. The van der Waals surface area contributed by atoms with Gasteiger partial charge in [0.2, 0.25) is 5.91 Å². The Balaban J connectivity index is 1.83. The van der Waals surface area contributed by atoms with E-state index in [2.05, 4.69) is 10.6 Å². The van der Waals surface area contributed by atoms with Crippen LogP contribution in [0, 0.1) is 6.92 Å². The highest BCUT2D eigenvalue weighted by atomic mass is 16.2. The molecule has 20 heavy (non-hydrogen) atoms. The van der Waals surface area contributed by atoms with Crippen LogP contribution in [0.3, 0.4) is 0 Å². The summed E-state index contributed by atoms with van der Waals surface area (Å²) >= 11 is 0. The van der Waals surface area contributed by atoms with Gasteiger partial charge in [0, 0.05) is 11.7 Å². The van der Waals surface area contributed by atoms with E-state index >= 15 is 0 Å². The summed E-state index contributed by atoms with van der Waals surface area (Å²) in [5.74, 6) is 0.0538. The molecule has 2 rings (SSSR count). The highest BCUT2D eigenvalue weighted by Crippen LogP contribution is 2.18. The number of benzene rings is 1. The Hall–Kier alpha value is -1.35. The van der Waals surface area contributed by atoms with Crippen LogP contribution in [0.2, 0.25) is 0 Å². The lowest BCUT2D eigenvalue weighted by molar-refractivity contribution is -0.118.